The smallest absolute Gasteiger partial charge is 0.255 e. The zero-order valence-corrected chi connectivity index (χ0v) is 13.1. The molecule has 0 saturated carbocycles. The molecule has 0 saturated heterocycles. The minimum atomic E-state index is -0.0549. The van der Waals surface area contributed by atoms with E-state index < -0.39 is 0 Å². The second-order valence-electron chi connectivity index (χ2n) is 6.06. The van der Waals surface area contributed by atoms with Crippen LogP contribution in [-0.4, -0.2) is 35.5 Å². The molecule has 0 fully saturated rings. The highest BCUT2D eigenvalue weighted by molar-refractivity contribution is 5.95. The summed E-state index contributed by atoms with van der Waals surface area (Å²) in [5.74, 6) is 0.0781. The summed E-state index contributed by atoms with van der Waals surface area (Å²) >= 11 is 0. The second-order valence-corrected chi connectivity index (χ2v) is 6.06. The van der Waals surface area contributed by atoms with Gasteiger partial charge in [-0.15, -0.1) is 0 Å². The van der Waals surface area contributed by atoms with Gasteiger partial charge in [0.25, 0.3) is 5.91 Å². The van der Waals surface area contributed by atoms with Gasteiger partial charge in [0.05, 0.1) is 5.56 Å². The van der Waals surface area contributed by atoms with Crippen LogP contribution in [0.3, 0.4) is 0 Å². The molecule has 1 amide bonds. The molecule has 0 radical (unpaired) electrons. The Morgan fingerprint density at radius 1 is 1.42 bits per heavy atom. The van der Waals surface area contributed by atoms with Crippen LogP contribution in [0.1, 0.15) is 42.5 Å². The minimum absolute atomic E-state index is 0.0549. The Morgan fingerprint density at radius 3 is 2.42 bits per heavy atom. The molecule has 1 aromatic rings. The standard InChI is InChI=1S/C15H27N3O/c1-7-18-11(2)8-13(12(18)3)14(19)17(6)10-15(4,5)9-16/h8H,7,9-10,16H2,1-6H3. The molecule has 0 aliphatic carbocycles. The predicted octanol–water partition coefficient (Wildman–Crippen LogP) is 2.18. The van der Waals surface area contributed by atoms with Gasteiger partial charge >= 0.3 is 0 Å². The number of hydrogen-bond acceptors (Lipinski definition) is 2. The van der Waals surface area contributed by atoms with Gasteiger partial charge in [0, 0.05) is 31.5 Å². The van der Waals surface area contributed by atoms with E-state index in [0.29, 0.717) is 13.1 Å². The molecule has 2 N–H and O–H groups in total. The summed E-state index contributed by atoms with van der Waals surface area (Å²) in [6.07, 6.45) is 0. The van der Waals surface area contributed by atoms with Crippen molar-refractivity contribution in [3.05, 3.63) is 23.0 Å². The molecule has 19 heavy (non-hydrogen) atoms. The first-order chi connectivity index (χ1) is 8.73. The van der Waals surface area contributed by atoms with Crippen molar-refractivity contribution >= 4 is 5.91 Å². The van der Waals surface area contributed by atoms with E-state index in [1.165, 1.54) is 0 Å². The number of nitrogens with zero attached hydrogens (tertiary/aromatic N) is 2. The quantitative estimate of drug-likeness (QED) is 0.887. The summed E-state index contributed by atoms with van der Waals surface area (Å²) in [5, 5.41) is 0. The average molecular weight is 265 g/mol. The predicted molar refractivity (Wildman–Crippen MR) is 79.4 cm³/mol. The molecule has 0 spiro atoms. The molecular formula is C15H27N3O. The van der Waals surface area contributed by atoms with Crippen LogP contribution in [0.2, 0.25) is 0 Å². The van der Waals surface area contributed by atoms with Crippen LogP contribution in [-0.2, 0) is 6.54 Å². The first kappa shape index (κ1) is 15.8. The maximum atomic E-state index is 12.5. The summed E-state index contributed by atoms with van der Waals surface area (Å²) in [6.45, 7) is 12.4. The molecule has 0 aliphatic heterocycles. The average Bonchev–Trinajstić information content (AvgIpc) is 2.62. The first-order valence-electron chi connectivity index (χ1n) is 6.85. The lowest BCUT2D eigenvalue weighted by molar-refractivity contribution is 0.0739. The third kappa shape index (κ3) is 3.38. The van der Waals surface area contributed by atoms with E-state index in [-0.39, 0.29) is 11.3 Å². The molecule has 0 unspecified atom stereocenters. The number of carbonyl (C=O) groups is 1. The number of aromatic nitrogens is 1. The van der Waals surface area contributed by atoms with Gasteiger partial charge in [-0.2, -0.15) is 0 Å². The van der Waals surface area contributed by atoms with Gasteiger partial charge in [0.1, 0.15) is 0 Å². The molecule has 108 valence electrons. The summed E-state index contributed by atoms with van der Waals surface area (Å²) in [7, 11) is 1.85. The van der Waals surface area contributed by atoms with Crippen LogP contribution >= 0.6 is 0 Å². The molecule has 0 aromatic carbocycles. The highest BCUT2D eigenvalue weighted by Crippen LogP contribution is 2.19. The van der Waals surface area contributed by atoms with Crippen molar-refractivity contribution in [1.29, 1.82) is 0 Å². The van der Waals surface area contributed by atoms with Crippen molar-refractivity contribution in [3.8, 4) is 0 Å². The minimum Gasteiger partial charge on any atom is -0.349 e. The van der Waals surface area contributed by atoms with Gasteiger partial charge in [0.15, 0.2) is 0 Å². The topological polar surface area (TPSA) is 51.3 Å². The first-order valence-corrected chi connectivity index (χ1v) is 6.85. The van der Waals surface area contributed by atoms with Crippen LogP contribution in [0.5, 0.6) is 0 Å². The molecular weight excluding hydrogens is 238 g/mol. The van der Waals surface area contributed by atoms with Crippen LogP contribution in [0.25, 0.3) is 0 Å². The molecule has 4 nitrogen and oxygen atoms in total. The highest BCUT2D eigenvalue weighted by Gasteiger charge is 2.24. The maximum Gasteiger partial charge on any atom is 0.255 e. The van der Waals surface area contributed by atoms with Crippen molar-refractivity contribution < 1.29 is 4.79 Å². The van der Waals surface area contributed by atoms with Crippen LogP contribution in [0.15, 0.2) is 6.07 Å². The maximum absolute atomic E-state index is 12.5. The van der Waals surface area contributed by atoms with Gasteiger partial charge in [-0.05, 0) is 38.8 Å². The number of hydrogen-bond donors (Lipinski definition) is 1. The SMILES string of the molecule is CCn1c(C)cc(C(=O)N(C)CC(C)(C)CN)c1C. The normalized spacial score (nSPS) is 11.7. The summed E-state index contributed by atoms with van der Waals surface area (Å²) in [6, 6.07) is 1.98. The van der Waals surface area contributed by atoms with Gasteiger partial charge in [-0.25, -0.2) is 0 Å². The highest BCUT2D eigenvalue weighted by atomic mass is 16.2. The van der Waals surface area contributed by atoms with E-state index >= 15 is 0 Å². The Hall–Kier alpha value is -1.29. The Bertz CT molecular complexity index is 460. The van der Waals surface area contributed by atoms with Gasteiger partial charge in [-0.1, -0.05) is 13.8 Å². The number of rotatable bonds is 5. The van der Waals surface area contributed by atoms with Gasteiger partial charge in [0.2, 0.25) is 0 Å². The fourth-order valence-electron chi connectivity index (χ4n) is 2.49. The van der Waals surface area contributed by atoms with Crippen LogP contribution in [0.4, 0.5) is 0 Å². The van der Waals surface area contributed by atoms with Crippen LogP contribution in [0, 0.1) is 19.3 Å². The zero-order valence-electron chi connectivity index (χ0n) is 13.1. The zero-order chi connectivity index (χ0) is 14.8. The third-order valence-electron chi connectivity index (χ3n) is 3.68. The lowest BCUT2D eigenvalue weighted by Crippen LogP contribution is -2.39. The molecule has 1 rings (SSSR count). The lowest BCUT2D eigenvalue weighted by atomic mass is 9.93. The van der Waals surface area contributed by atoms with Crippen molar-refractivity contribution in [2.45, 2.75) is 41.2 Å². The largest absolute Gasteiger partial charge is 0.349 e. The summed E-state index contributed by atoms with van der Waals surface area (Å²) in [5.41, 5.74) is 8.65. The lowest BCUT2D eigenvalue weighted by Gasteiger charge is -2.29. The van der Waals surface area contributed by atoms with E-state index in [2.05, 4.69) is 25.3 Å². The number of carbonyl (C=O) groups excluding carboxylic acids is 1. The van der Waals surface area contributed by atoms with Gasteiger partial charge < -0.3 is 15.2 Å². The Labute approximate surface area is 116 Å². The Kier molecular flexibility index (Phi) is 4.80. The Balaban J connectivity index is 2.95. The molecule has 1 heterocycles. The fourth-order valence-corrected chi connectivity index (χ4v) is 2.49. The molecule has 4 heteroatoms. The number of aryl methyl sites for hydroxylation is 1. The number of nitrogens with two attached hydrogens (primary N) is 1. The molecule has 0 bridgehead atoms. The van der Waals surface area contributed by atoms with Crippen molar-refractivity contribution in [1.82, 2.24) is 9.47 Å². The van der Waals surface area contributed by atoms with E-state index in [1.54, 1.807) is 4.90 Å². The molecule has 1 aromatic heterocycles. The summed E-state index contributed by atoms with van der Waals surface area (Å²) < 4.78 is 2.16. The van der Waals surface area contributed by atoms with Crippen molar-refractivity contribution in [2.75, 3.05) is 20.1 Å². The van der Waals surface area contributed by atoms with Gasteiger partial charge in [-0.3, -0.25) is 4.79 Å². The van der Waals surface area contributed by atoms with E-state index in [9.17, 15) is 4.79 Å². The van der Waals surface area contributed by atoms with E-state index in [4.69, 9.17) is 5.73 Å². The number of amides is 1. The third-order valence-corrected chi connectivity index (χ3v) is 3.68. The molecule has 0 atom stereocenters. The van der Waals surface area contributed by atoms with Crippen molar-refractivity contribution in [3.63, 3.8) is 0 Å². The fraction of sp³-hybridized carbons (Fsp3) is 0.667. The Morgan fingerprint density at radius 2 is 2.00 bits per heavy atom. The second kappa shape index (κ2) is 5.78. The summed E-state index contributed by atoms with van der Waals surface area (Å²) in [4.78, 5) is 14.3. The van der Waals surface area contributed by atoms with Crippen LogP contribution < -0.4 is 5.73 Å². The molecule has 0 aliphatic rings. The monoisotopic (exact) mass is 265 g/mol. The van der Waals surface area contributed by atoms with E-state index in [1.807, 2.05) is 27.0 Å². The van der Waals surface area contributed by atoms with E-state index in [0.717, 1.165) is 23.5 Å². The van der Waals surface area contributed by atoms with Crippen molar-refractivity contribution in [2.24, 2.45) is 11.1 Å².